The van der Waals surface area contributed by atoms with Crippen molar-refractivity contribution < 1.29 is 4.74 Å². The number of thioether (sulfide) groups is 1. The van der Waals surface area contributed by atoms with Crippen LogP contribution in [0.5, 0.6) is 11.5 Å². The average Bonchev–Trinajstić information content (AvgIpc) is 2.77. The Kier molecular flexibility index (Phi) is 3.60. The Morgan fingerprint density at radius 1 is 0.679 bits per heavy atom. The van der Waals surface area contributed by atoms with Crippen molar-refractivity contribution in [3.63, 3.8) is 0 Å². The molecule has 0 radical (unpaired) electrons. The molecule has 0 N–H and O–H groups in total. The molecule has 0 aromatic heterocycles. The average molecular weight is 378 g/mol. The van der Waals surface area contributed by atoms with Crippen molar-refractivity contribution in [1.29, 1.82) is 0 Å². The van der Waals surface area contributed by atoms with E-state index in [4.69, 9.17) is 4.74 Å². The van der Waals surface area contributed by atoms with Crippen LogP contribution in [-0.4, -0.2) is 5.75 Å². The molecule has 2 aliphatic rings. The second-order valence-electron chi connectivity index (χ2n) is 7.21. The van der Waals surface area contributed by atoms with E-state index >= 15 is 0 Å². The monoisotopic (exact) mass is 378 g/mol. The normalized spacial score (nSPS) is 14.9. The molecular weight excluding hydrogens is 360 g/mol. The fourth-order valence-corrected chi connectivity index (χ4v) is 5.50. The fourth-order valence-electron chi connectivity index (χ4n) is 4.43. The lowest BCUT2D eigenvalue weighted by Gasteiger charge is -2.29. The summed E-state index contributed by atoms with van der Waals surface area (Å²) in [5, 5.41) is 2.65. The van der Waals surface area contributed by atoms with Gasteiger partial charge in [-0.25, -0.2) is 0 Å². The number of hydrogen-bond donors (Lipinski definition) is 0. The Hall–Kier alpha value is -2.97. The van der Waals surface area contributed by atoms with Crippen LogP contribution in [0.1, 0.15) is 23.1 Å². The first-order valence-corrected chi connectivity index (χ1v) is 10.6. The van der Waals surface area contributed by atoms with Gasteiger partial charge in [0.1, 0.15) is 11.5 Å². The molecule has 4 aromatic rings. The minimum Gasteiger partial charge on any atom is -0.456 e. The highest BCUT2D eigenvalue weighted by molar-refractivity contribution is 7.99. The zero-order valence-corrected chi connectivity index (χ0v) is 16.1. The molecule has 0 spiro atoms. The molecule has 28 heavy (non-hydrogen) atoms. The van der Waals surface area contributed by atoms with Gasteiger partial charge >= 0.3 is 0 Å². The van der Waals surface area contributed by atoms with Gasteiger partial charge in [0.25, 0.3) is 0 Å². The maximum atomic E-state index is 6.23. The van der Waals surface area contributed by atoms with Crippen LogP contribution in [0.4, 0.5) is 0 Å². The molecule has 1 nitrogen and oxygen atoms in total. The molecule has 0 saturated carbocycles. The van der Waals surface area contributed by atoms with Crippen LogP contribution in [0, 0.1) is 0 Å². The molecule has 0 fully saturated rings. The maximum Gasteiger partial charge on any atom is 0.135 e. The van der Waals surface area contributed by atoms with Crippen molar-refractivity contribution in [2.75, 3.05) is 5.75 Å². The zero-order chi connectivity index (χ0) is 18.5. The molecule has 0 aliphatic carbocycles. The van der Waals surface area contributed by atoms with Crippen LogP contribution in [0.25, 0.3) is 21.9 Å². The molecule has 2 heterocycles. The van der Waals surface area contributed by atoms with Gasteiger partial charge in [-0.2, -0.15) is 0 Å². The van der Waals surface area contributed by atoms with Gasteiger partial charge in [0.05, 0.1) is 0 Å². The first kappa shape index (κ1) is 16.0. The molecule has 134 valence electrons. The van der Waals surface area contributed by atoms with Gasteiger partial charge in [-0.05, 0) is 46.5 Å². The highest BCUT2D eigenvalue weighted by Gasteiger charge is 2.28. The SMILES string of the molecule is c1ccc2c(c1)Oc1ccccc1C2=C1CCSc2ccc3ccccc3c21. The smallest absolute Gasteiger partial charge is 0.135 e. The van der Waals surface area contributed by atoms with E-state index in [-0.39, 0.29) is 0 Å². The van der Waals surface area contributed by atoms with Crippen LogP contribution < -0.4 is 4.74 Å². The standard InChI is InChI=1S/C26H18OS/c1-2-8-18-17(7-1)13-14-24-26(18)21(15-16-28-24)25-19-9-3-5-11-22(19)27-23-12-6-4-10-20(23)25/h1-14H,15-16H2. The van der Waals surface area contributed by atoms with E-state index < -0.39 is 0 Å². The molecule has 0 unspecified atom stereocenters. The summed E-state index contributed by atoms with van der Waals surface area (Å²) in [6.07, 6.45) is 1.06. The zero-order valence-electron chi connectivity index (χ0n) is 15.3. The minimum atomic E-state index is 0.948. The molecule has 0 bridgehead atoms. The van der Waals surface area contributed by atoms with E-state index in [2.05, 4.69) is 84.9 Å². The number of fused-ring (bicyclic) bond motifs is 5. The lowest BCUT2D eigenvalue weighted by Crippen LogP contribution is -2.08. The third-order valence-corrected chi connectivity index (χ3v) is 6.70. The highest BCUT2D eigenvalue weighted by atomic mass is 32.2. The number of ether oxygens (including phenoxy) is 1. The third-order valence-electron chi connectivity index (χ3n) is 5.64. The van der Waals surface area contributed by atoms with Gasteiger partial charge in [-0.15, -0.1) is 11.8 Å². The fraction of sp³-hybridized carbons (Fsp3) is 0.0769. The summed E-state index contributed by atoms with van der Waals surface area (Å²) in [4.78, 5) is 1.38. The summed E-state index contributed by atoms with van der Waals surface area (Å²) in [5.41, 5.74) is 6.56. The lowest BCUT2D eigenvalue weighted by atomic mass is 9.84. The Bertz CT molecular complexity index is 1220. The highest BCUT2D eigenvalue weighted by Crippen LogP contribution is 2.51. The largest absolute Gasteiger partial charge is 0.456 e. The molecule has 6 rings (SSSR count). The van der Waals surface area contributed by atoms with Crippen LogP contribution >= 0.6 is 11.8 Å². The summed E-state index contributed by atoms with van der Waals surface area (Å²) in [6, 6.07) is 30.1. The van der Waals surface area contributed by atoms with E-state index in [1.54, 1.807) is 0 Å². The van der Waals surface area contributed by atoms with Crippen LogP contribution in [0.2, 0.25) is 0 Å². The first-order chi connectivity index (χ1) is 13.9. The molecule has 4 aromatic carbocycles. The van der Waals surface area contributed by atoms with Gasteiger partial charge in [0, 0.05) is 27.3 Å². The van der Waals surface area contributed by atoms with Gasteiger partial charge < -0.3 is 4.74 Å². The van der Waals surface area contributed by atoms with E-state index in [1.165, 1.54) is 43.5 Å². The second kappa shape index (κ2) is 6.29. The molecule has 0 atom stereocenters. The number of para-hydroxylation sites is 2. The maximum absolute atomic E-state index is 6.23. The van der Waals surface area contributed by atoms with E-state index in [9.17, 15) is 0 Å². The van der Waals surface area contributed by atoms with E-state index in [1.807, 2.05) is 11.8 Å². The Labute approximate surface area is 168 Å². The second-order valence-corrected chi connectivity index (χ2v) is 8.34. The summed E-state index contributed by atoms with van der Waals surface area (Å²) in [6.45, 7) is 0. The number of benzene rings is 4. The van der Waals surface area contributed by atoms with Gasteiger partial charge in [0.2, 0.25) is 0 Å². The van der Waals surface area contributed by atoms with E-state index in [0.29, 0.717) is 0 Å². The number of hydrogen-bond acceptors (Lipinski definition) is 2. The predicted molar refractivity (Wildman–Crippen MR) is 118 cm³/mol. The van der Waals surface area contributed by atoms with Gasteiger partial charge in [0.15, 0.2) is 0 Å². The van der Waals surface area contributed by atoms with Crippen molar-refractivity contribution in [1.82, 2.24) is 0 Å². The Balaban J connectivity index is 1.76. The Morgan fingerprint density at radius 2 is 1.36 bits per heavy atom. The number of rotatable bonds is 0. The van der Waals surface area contributed by atoms with Gasteiger partial charge in [-0.3, -0.25) is 0 Å². The third kappa shape index (κ3) is 2.35. The van der Waals surface area contributed by atoms with Crippen molar-refractivity contribution >= 4 is 33.7 Å². The number of allylic oxidation sites excluding steroid dienone is 1. The lowest BCUT2D eigenvalue weighted by molar-refractivity contribution is 0.474. The van der Waals surface area contributed by atoms with Crippen LogP contribution in [-0.2, 0) is 0 Å². The predicted octanol–water partition coefficient (Wildman–Crippen LogP) is 7.40. The first-order valence-electron chi connectivity index (χ1n) is 9.65. The summed E-state index contributed by atoms with van der Waals surface area (Å²) >= 11 is 1.97. The van der Waals surface area contributed by atoms with Crippen molar-refractivity contribution in [3.8, 4) is 11.5 Å². The van der Waals surface area contributed by atoms with Crippen molar-refractivity contribution in [3.05, 3.63) is 102 Å². The van der Waals surface area contributed by atoms with Crippen molar-refractivity contribution in [2.24, 2.45) is 0 Å². The molecule has 0 saturated heterocycles. The molecule has 2 heteroatoms. The molecule has 2 aliphatic heterocycles. The molecular formula is C26H18OS. The summed E-state index contributed by atoms with van der Waals surface area (Å²) in [5.74, 6) is 3.00. The van der Waals surface area contributed by atoms with Crippen LogP contribution in [0.15, 0.2) is 89.8 Å². The summed E-state index contributed by atoms with van der Waals surface area (Å²) < 4.78 is 6.23. The Morgan fingerprint density at radius 3 is 2.14 bits per heavy atom. The van der Waals surface area contributed by atoms with E-state index in [0.717, 1.165) is 23.7 Å². The summed E-state index contributed by atoms with van der Waals surface area (Å²) in [7, 11) is 0. The topological polar surface area (TPSA) is 9.23 Å². The molecule has 0 amide bonds. The quantitative estimate of drug-likeness (QED) is 0.278. The minimum absolute atomic E-state index is 0.948. The van der Waals surface area contributed by atoms with Crippen molar-refractivity contribution in [2.45, 2.75) is 11.3 Å². The van der Waals surface area contributed by atoms with Gasteiger partial charge in [-0.1, -0.05) is 66.7 Å². The van der Waals surface area contributed by atoms with Crippen LogP contribution in [0.3, 0.4) is 0 Å².